The Morgan fingerprint density at radius 3 is 2.35 bits per heavy atom. The van der Waals surface area contributed by atoms with E-state index < -0.39 is 25.0 Å². The Labute approximate surface area is 97.2 Å². The summed E-state index contributed by atoms with van der Waals surface area (Å²) in [6, 6.07) is 0. The van der Waals surface area contributed by atoms with Crippen molar-refractivity contribution in [3.63, 3.8) is 0 Å². The van der Waals surface area contributed by atoms with Crippen LogP contribution in [0.15, 0.2) is 0 Å². The van der Waals surface area contributed by atoms with E-state index in [9.17, 15) is 18.0 Å². The number of hydrogen-bond acceptors (Lipinski definition) is 4. The summed E-state index contributed by atoms with van der Waals surface area (Å²) in [5.74, 6) is -0.425. The fraction of sp³-hybridized carbons (Fsp3) is 0.889. The van der Waals surface area contributed by atoms with Crippen LogP contribution in [0.1, 0.15) is 6.42 Å². The SMILES string of the molecule is COC(CNC(=O)CCOCC(F)(F)F)OC. The second-order valence-corrected chi connectivity index (χ2v) is 3.12. The Balaban J connectivity index is 3.53. The molecule has 0 aromatic heterocycles. The molecule has 0 atom stereocenters. The molecule has 1 amide bonds. The maximum atomic E-state index is 11.7. The molecule has 8 heteroatoms. The molecule has 0 spiro atoms. The number of carbonyl (C=O) groups is 1. The zero-order valence-electron chi connectivity index (χ0n) is 9.67. The van der Waals surface area contributed by atoms with Crippen LogP contribution in [-0.4, -0.2) is 52.4 Å². The summed E-state index contributed by atoms with van der Waals surface area (Å²) >= 11 is 0. The number of hydrogen-bond donors (Lipinski definition) is 1. The Bertz CT molecular complexity index is 219. The molecule has 0 aliphatic carbocycles. The standard InChI is InChI=1S/C9H16F3NO4/c1-15-8(16-2)5-13-7(14)3-4-17-6-9(10,11)12/h8H,3-6H2,1-2H3,(H,13,14). The van der Waals surface area contributed by atoms with Gasteiger partial charge in [0.2, 0.25) is 5.91 Å². The van der Waals surface area contributed by atoms with Crippen LogP contribution < -0.4 is 5.32 Å². The molecule has 0 rings (SSSR count). The Morgan fingerprint density at radius 1 is 1.29 bits per heavy atom. The zero-order chi connectivity index (χ0) is 13.3. The quantitative estimate of drug-likeness (QED) is 0.514. The lowest BCUT2D eigenvalue weighted by Crippen LogP contribution is -2.34. The van der Waals surface area contributed by atoms with Gasteiger partial charge in [-0.25, -0.2) is 0 Å². The number of nitrogens with one attached hydrogen (secondary N) is 1. The average molecular weight is 259 g/mol. The molecule has 0 bridgehead atoms. The molecule has 0 heterocycles. The lowest BCUT2D eigenvalue weighted by atomic mass is 10.4. The molecule has 0 aromatic rings. The van der Waals surface area contributed by atoms with Crippen molar-refractivity contribution >= 4 is 5.91 Å². The first-order valence-corrected chi connectivity index (χ1v) is 4.86. The van der Waals surface area contributed by atoms with E-state index in [0.29, 0.717) is 0 Å². The third-order valence-electron chi connectivity index (χ3n) is 1.73. The van der Waals surface area contributed by atoms with Crippen LogP contribution in [0.3, 0.4) is 0 Å². The molecule has 0 aromatic carbocycles. The first-order chi connectivity index (χ1) is 7.89. The maximum absolute atomic E-state index is 11.7. The van der Waals surface area contributed by atoms with Crippen LogP contribution in [0, 0.1) is 0 Å². The minimum atomic E-state index is -4.37. The van der Waals surface area contributed by atoms with Gasteiger partial charge in [-0.1, -0.05) is 0 Å². The summed E-state index contributed by atoms with van der Waals surface area (Å²) in [5.41, 5.74) is 0. The largest absolute Gasteiger partial charge is 0.411 e. The van der Waals surface area contributed by atoms with E-state index in [0.717, 1.165) is 0 Å². The molecule has 0 aliphatic rings. The van der Waals surface area contributed by atoms with Crippen molar-refractivity contribution in [1.82, 2.24) is 5.32 Å². The highest BCUT2D eigenvalue weighted by Crippen LogP contribution is 2.14. The second-order valence-electron chi connectivity index (χ2n) is 3.12. The van der Waals surface area contributed by atoms with Gasteiger partial charge in [-0.3, -0.25) is 4.79 Å². The molecule has 0 aliphatic heterocycles. The summed E-state index contributed by atoms with van der Waals surface area (Å²) in [7, 11) is 2.82. The molecule has 0 unspecified atom stereocenters. The van der Waals surface area contributed by atoms with Gasteiger partial charge in [0.15, 0.2) is 6.29 Å². The van der Waals surface area contributed by atoms with Crippen LogP contribution in [-0.2, 0) is 19.0 Å². The highest BCUT2D eigenvalue weighted by molar-refractivity contribution is 5.75. The molecule has 102 valence electrons. The molecular formula is C9H16F3NO4. The van der Waals surface area contributed by atoms with Gasteiger partial charge >= 0.3 is 6.18 Å². The molecule has 1 N–H and O–H groups in total. The lowest BCUT2D eigenvalue weighted by molar-refractivity contribution is -0.174. The number of methoxy groups -OCH3 is 2. The van der Waals surface area contributed by atoms with E-state index in [2.05, 4.69) is 10.1 Å². The third kappa shape index (κ3) is 10.0. The fourth-order valence-electron chi connectivity index (χ4n) is 0.901. The molecule has 0 radical (unpaired) electrons. The summed E-state index contributed by atoms with van der Waals surface area (Å²) in [5, 5.41) is 2.43. The first-order valence-electron chi connectivity index (χ1n) is 4.86. The summed E-state index contributed by atoms with van der Waals surface area (Å²) in [6.45, 7) is -1.50. The van der Waals surface area contributed by atoms with Crippen molar-refractivity contribution < 1.29 is 32.2 Å². The summed E-state index contributed by atoms with van der Waals surface area (Å²) < 4.78 is 48.9. The van der Waals surface area contributed by atoms with Gasteiger partial charge in [0, 0.05) is 20.6 Å². The number of alkyl halides is 3. The smallest absolute Gasteiger partial charge is 0.372 e. The molecular weight excluding hydrogens is 243 g/mol. The number of ether oxygens (including phenoxy) is 3. The number of carbonyl (C=O) groups excluding carboxylic acids is 1. The van der Waals surface area contributed by atoms with Gasteiger partial charge < -0.3 is 19.5 Å². The predicted molar refractivity (Wildman–Crippen MR) is 52.3 cm³/mol. The monoisotopic (exact) mass is 259 g/mol. The zero-order valence-corrected chi connectivity index (χ0v) is 9.67. The van der Waals surface area contributed by atoms with Crippen molar-refractivity contribution in [1.29, 1.82) is 0 Å². The second kappa shape index (κ2) is 8.26. The summed E-state index contributed by atoms with van der Waals surface area (Å²) in [6.07, 6.45) is -5.08. The minimum Gasteiger partial charge on any atom is -0.372 e. The molecule has 0 fully saturated rings. The van der Waals surface area contributed by atoms with Gasteiger partial charge in [0.05, 0.1) is 13.2 Å². The van der Waals surface area contributed by atoms with Crippen LogP contribution in [0.25, 0.3) is 0 Å². The predicted octanol–water partition coefficient (Wildman–Crippen LogP) is 0.690. The topological polar surface area (TPSA) is 56.8 Å². The van der Waals surface area contributed by atoms with E-state index in [-0.39, 0.29) is 19.6 Å². The average Bonchev–Trinajstić information content (AvgIpc) is 2.24. The molecule has 5 nitrogen and oxygen atoms in total. The van der Waals surface area contributed by atoms with Gasteiger partial charge in [-0.15, -0.1) is 0 Å². The normalized spacial score (nSPS) is 11.9. The van der Waals surface area contributed by atoms with E-state index in [1.54, 1.807) is 0 Å². The van der Waals surface area contributed by atoms with Crippen molar-refractivity contribution in [3.8, 4) is 0 Å². The maximum Gasteiger partial charge on any atom is 0.411 e. The minimum absolute atomic E-state index is 0.130. The Kier molecular flexibility index (Phi) is 7.85. The first kappa shape index (κ1) is 16.1. The van der Waals surface area contributed by atoms with Gasteiger partial charge in [0.25, 0.3) is 0 Å². The highest BCUT2D eigenvalue weighted by Gasteiger charge is 2.27. The fourth-order valence-corrected chi connectivity index (χ4v) is 0.901. The van der Waals surface area contributed by atoms with Gasteiger partial charge in [-0.2, -0.15) is 13.2 Å². The van der Waals surface area contributed by atoms with E-state index in [1.807, 2.05) is 0 Å². The Morgan fingerprint density at radius 2 is 1.88 bits per heavy atom. The van der Waals surface area contributed by atoms with Gasteiger partial charge in [0.1, 0.15) is 6.61 Å². The van der Waals surface area contributed by atoms with E-state index >= 15 is 0 Å². The van der Waals surface area contributed by atoms with Crippen LogP contribution in [0.5, 0.6) is 0 Å². The molecule has 17 heavy (non-hydrogen) atoms. The van der Waals surface area contributed by atoms with E-state index in [1.165, 1.54) is 14.2 Å². The number of amides is 1. The lowest BCUT2D eigenvalue weighted by Gasteiger charge is -2.14. The molecule has 0 saturated carbocycles. The molecule has 0 saturated heterocycles. The van der Waals surface area contributed by atoms with E-state index in [4.69, 9.17) is 9.47 Å². The van der Waals surface area contributed by atoms with Crippen LogP contribution in [0.2, 0.25) is 0 Å². The van der Waals surface area contributed by atoms with Crippen molar-refractivity contribution in [2.24, 2.45) is 0 Å². The van der Waals surface area contributed by atoms with Crippen LogP contribution in [0.4, 0.5) is 13.2 Å². The van der Waals surface area contributed by atoms with Gasteiger partial charge in [-0.05, 0) is 0 Å². The Hall–Kier alpha value is -0.860. The van der Waals surface area contributed by atoms with Crippen molar-refractivity contribution in [2.75, 3.05) is 34.0 Å². The summed E-state index contributed by atoms with van der Waals surface area (Å²) in [4.78, 5) is 11.1. The van der Waals surface area contributed by atoms with Crippen molar-refractivity contribution in [2.45, 2.75) is 18.9 Å². The number of rotatable bonds is 8. The third-order valence-corrected chi connectivity index (χ3v) is 1.73. The van der Waals surface area contributed by atoms with Crippen molar-refractivity contribution in [3.05, 3.63) is 0 Å². The highest BCUT2D eigenvalue weighted by atomic mass is 19.4. The number of halogens is 3. The van der Waals surface area contributed by atoms with Crippen LogP contribution >= 0.6 is 0 Å².